The predicted molar refractivity (Wildman–Crippen MR) is 81.0 cm³/mol. The lowest BCUT2D eigenvalue weighted by molar-refractivity contribution is -0.143. The fourth-order valence-electron chi connectivity index (χ4n) is 1.88. The van der Waals surface area contributed by atoms with Gasteiger partial charge in [0.15, 0.2) is 6.61 Å². The van der Waals surface area contributed by atoms with Crippen molar-refractivity contribution in [2.24, 2.45) is 0 Å². The predicted octanol–water partition coefficient (Wildman–Crippen LogP) is 2.48. The molecule has 0 bridgehead atoms. The first kappa shape index (κ1) is 17.4. The summed E-state index contributed by atoms with van der Waals surface area (Å²) in [5.41, 5.74) is 11.1. The molecule has 0 unspecified atom stereocenters. The number of alkyl halides is 3. The van der Waals surface area contributed by atoms with Gasteiger partial charge < -0.3 is 20.9 Å². The Morgan fingerprint density at radius 3 is 2.50 bits per heavy atom. The Balaban J connectivity index is 2.34. The number of anilines is 2. The number of ether oxygens (including phenoxy) is 2. The second kappa shape index (κ2) is 6.65. The summed E-state index contributed by atoms with van der Waals surface area (Å²) in [5, 5.41) is 0. The number of aromatic nitrogens is 1. The van der Waals surface area contributed by atoms with Gasteiger partial charge in [0, 0.05) is 11.8 Å². The summed E-state index contributed by atoms with van der Waals surface area (Å²) in [7, 11) is 1.21. The van der Waals surface area contributed by atoms with E-state index in [4.69, 9.17) is 16.2 Å². The van der Waals surface area contributed by atoms with E-state index in [9.17, 15) is 18.0 Å². The van der Waals surface area contributed by atoms with Crippen LogP contribution in [0.1, 0.15) is 5.56 Å². The summed E-state index contributed by atoms with van der Waals surface area (Å²) in [5.74, 6) is -0.439. The molecule has 0 radical (unpaired) electrons. The Morgan fingerprint density at radius 1 is 1.21 bits per heavy atom. The summed E-state index contributed by atoms with van der Waals surface area (Å²) in [4.78, 5) is 14.9. The van der Waals surface area contributed by atoms with Gasteiger partial charge in [-0.05, 0) is 18.2 Å². The number of rotatable bonds is 4. The second-order valence-corrected chi connectivity index (χ2v) is 4.78. The van der Waals surface area contributed by atoms with Crippen LogP contribution in [0.25, 0.3) is 11.3 Å². The summed E-state index contributed by atoms with van der Waals surface area (Å²) in [6.45, 7) is -0.361. The van der Waals surface area contributed by atoms with Gasteiger partial charge in [-0.2, -0.15) is 13.2 Å². The average molecular weight is 341 g/mol. The van der Waals surface area contributed by atoms with Gasteiger partial charge in [-0.3, -0.25) is 4.98 Å². The number of halogens is 3. The zero-order chi connectivity index (χ0) is 17.9. The van der Waals surface area contributed by atoms with Crippen LogP contribution in [-0.2, 0) is 15.7 Å². The van der Waals surface area contributed by atoms with Crippen molar-refractivity contribution in [3.63, 3.8) is 0 Å². The van der Waals surface area contributed by atoms with Crippen LogP contribution in [0.2, 0.25) is 0 Å². The highest BCUT2D eigenvalue weighted by molar-refractivity contribution is 5.76. The Hall–Kier alpha value is -2.97. The number of carbonyl (C=O) groups excluding carboxylic acids is 1. The quantitative estimate of drug-likeness (QED) is 0.654. The number of benzene rings is 1. The number of methoxy groups -OCH3 is 1. The molecule has 128 valence electrons. The molecule has 0 spiro atoms. The molecule has 9 heteroatoms. The van der Waals surface area contributed by atoms with E-state index in [2.05, 4.69) is 9.72 Å². The molecular weight excluding hydrogens is 327 g/mol. The van der Waals surface area contributed by atoms with Crippen molar-refractivity contribution >= 4 is 17.3 Å². The molecular formula is C15H14F3N3O3. The maximum atomic E-state index is 12.7. The molecule has 0 saturated heterocycles. The maximum absolute atomic E-state index is 12.7. The van der Waals surface area contributed by atoms with Gasteiger partial charge in [-0.1, -0.05) is 6.07 Å². The molecule has 24 heavy (non-hydrogen) atoms. The van der Waals surface area contributed by atoms with E-state index >= 15 is 0 Å². The third-order valence-corrected chi connectivity index (χ3v) is 3.10. The standard InChI is InChI=1S/C15H14F3N3O3/c1-23-13(22)7-24-12-4-8(2-3-10(12)19)14-11(20)5-9(6-21-14)15(16,17)18/h2-6H,7,19-20H2,1H3. The highest BCUT2D eigenvalue weighted by atomic mass is 19.4. The number of hydrogen-bond acceptors (Lipinski definition) is 6. The molecule has 0 aliphatic rings. The molecule has 1 aromatic carbocycles. The minimum absolute atomic E-state index is 0.144. The zero-order valence-corrected chi connectivity index (χ0v) is 12.6. The van der Waals surface area contributed by atoms with E-state index in [-0.39, 0.29) is 29.4 Å². The average Bonchev–Trinajstić information content (AvgIpc) is 2.53. The van der Waals surface area contributed by atoms with Gasteiger partial charge in [0.2, 0.25) is 0 Å². The van der Waals surface area contributed by atoms with E-state index in [1.54, 1.807) is 0 Å². The molecule has 0 aliphatic carbocycles. The topological polar surface area (TPSA) is 100 Å². The van der Waals surface area contributed by atoms with E-state index < -0.39 is 17.7 Å². The van der Waals surface area contributed by atoms with Crippen molar-refractivity contribution in [2.45, 2.75) is 6.18 Å². The number of carbonyl (C=O) groups is 1. The summed E-state index contributed by atoms with van der Waals surface area (Å²) in [6.07, 6.45) is -3.84. The number of pyridine rings is 1. The molecule has 2 rings (SSSR count). The first-order chi connectivity index (χ1) is 11.2. The fourth-order valence-corrected chi connectivity index (χ4v) is 1.88. The Morgan fingerprint density at radius 2 is 1.92 bits per heavy atom. The lowest BCUT2D eigenvalue weighted by atomic mass is 10.1. The SMILES string of the molecule is COC(=O)COc1cc(-c2ncc(C(F)(F)F)cc2N)ccc1N. The van der Waals surface area contributed by atoms with Gasteiger partial charge in [0.25, 0.3) is 0 Å². The zero-order valence-electron chi connectivity index (χ0n) is 12.6. The van der Waals surface area contributed by atoms with Gasteiger partial charge in [-0.25, -0.2) is 4.79 Å². The molecule has 0 amide bonds. The highest BCUT2D eigenvalue weighted by Gasteiger charge is 2.31. The lowest BCUT2D eigenvalue weighted by Gasteiger charge is -2.12. The van der Waals surface area contributed by atoms with E-state index in [0.29, 0.717) is 11.8 Å². The Bertz CT molecular complexity index is 763. The summed E-state index contributed by atoms with van der Waals surface area (Å²) >= 11 is 0. The van der Waals surface area contributed by atoms with E-state index in [0.717, 1.165) is 6.07 Å². The van der Waals surface area contributed by atoms with Crippen LogP contribution in [0.3, 0.4) is 0 Å². The number of nitrogen functional groups attached to an aromatic ring is 2. The first-order valence-electron chi connectivity index (χ1n) is 6.64. The molecule has 1 aromatic heterocycles. The highest BCUT2D eigenvalue weighted by Crippen LogP contribution is 2.35. The van der Waals surface area contributed by atoms with Crippen LogP contribution in [0.15, 0.2) is 30.5 Å². The van der Waals surface area contributed by atoms with Gasteiger partial charge in [0.05, 0.1) is 29.7 Å². The van der Waals surface area contributed by atoms with Crippen molar-refractivity contribution in [3.05, 3.63) is 36.0 Å². The minimum Gasteiger partial charge on any atom is -0.480 e. The molecule has 0 aliphatic heterocycles. The minimum atomic E-state index is -4.53. The number of esters is 1. The number of hydrogen-bond donors (Lipinski definition) is 2. The smallest absolute Gasteiger partial charge is 0.417 e. The number of nitrogens with zero attached hydrogens (tertiary/aromatic N) is 1. The van der Waals surface area contributed by atoms with Crippen molar-refractivity contribution in [1.82, 2.24) is 4.98 Å². The van der Waals surface area contributed by atoms with Crippen LogP contribution in [0.4, 0.5) is 24.5 Å². The summed E-state index contributed by atoms with van der Waals surface area (Å²) in [6, 6.07) is 5.24. The Kier molecular flexibility index (Phi) is 4.82. The fraction of sp³-hybridized carbons (Fsp3) is 0.200. The van der Waals surface area contributed by atoms with Crippen molar-refractivity contribution < 1.29 is 27.4 Å². The molecule has 0 fully saturated rings. The normalized spacial score (nSPS) is 11.2. The van der Waals surface area contributed by atoms with Crippen LogP contribution in [-0.4, -0.2) is 24.7 Å². The molecule has 1 heterocycles. The third-order valence-electron chi connectivity index (χ3n) is 3.10. The molecule has 0 saturated carbocycles. The van der Waals surface area contributed by atoms with Crippen LogP contribution in [0, 0.1) is 0 Å². The largest absolute Gasteiger partial charge is 0.480 e. The van der Waals surface area contributed by atoms with Gasteiger partial charge in [-0.15, -0.1) is 0 Å². The van der Waals surface area contributed by atoms with Crippen molar-refractivity contribution in [3.8, 4) is 17.0 Å². The lowest BCUT2D eigenvalue weighted by Crippen LogP contribution is -2.13. The Labute approximate surface area is 135 Å². The van der Waals surface area contributed by atoms with Crippen molar-refractivity contribution in [1.29, 1.82) is 0 Å². The third kappa shape index (κ3) is 3.86. The van der Waals surface area contributed by atoms with Crippen LogP contribution < -0.4 is 16.2 Å². The summed E-state index contributed by atoms with van der Waals surface area (Å²) < 4.78 is 47.6. The van der Waals surface area contributed by atoms with E-state index in [1.165, 1.54) is 25.3 Å². The van der Waals surface area contributed by atoms with Gasteiger partial charge in [0.1, 0.15) is 5.75 Å². The van der Waals surface area contributed by atoms with Crippen LogP contribution >= 0.6 is 0 Å². The number of nitrogens with two attached hydrogens (primary N) is 2. The van der Waals surface area contributed by atoms with E-state index in [1.807, 2.05) is 0 Å². The molecule has 6 nitrogen and oxygen atoms in total. The monoisotopic (exact) mass is 341 g/mol. The maximum Gasteiger partial charge on any atom is 0.417 e. The second-order valence-electron chi connectivity index (χ2n) is 4.78. The molecule has 2 aromatic rings. The molecule has 4 N–H and O–H groups in total. The van der Waals surface area contributed by atoms with Gasteiger partial charge >= 0.3 is 12.1 Å². The van der Waals surface area contributed by atoms with Crippen LogP contribution in [0.5, 0.6) is 5.75 Å². The first-order valence-corrected chi connectivity index (χ1v) is 6.64. The van der Waals surface area contributed by atoms with Crippen molar-refractivity contribution in [2.75, 3.05) is 25.2 Å². The molecule has 0 atom stereocenters.